The van der Waals surface area contributed by atoms with Gasteiger partial charge in [0.15, 0.2) is 0 Å². The normalized spacial score (nSPS) is 18.6. The molecule has 3 rings (SSSR count). The van der Waals surface area contributed by atoms with E-state index in [-0.39, 0.29) is 12.6 Å². The minimum absolute atomic E-state index is 0.0632. The third-order valence-electron chi connectivity index (χ3n) is 3.26. The van der Waals surface area contributed by atoms with Gasteiger partial charge < -0.3 is 20.3 Å². The van der Waals surface area contributed by atoms with Crippen molar-refractivity contribution in [2.75, 3.05) is 19.8 Å². The largest absolute Gasteiger partial charge is 0.493 e. The van der Waals surface area contributed by atoms with E-state index in [9.17, 15) is 5.11 Å². The predicted octanol–water partition coefficient (Wildman–Crippen LogP) is 0.548. The summed E-state index contributed by atoms with van der Waals surface area (Å²) in [4.78, 5) is 0. The summed E-state index contributed by atoms with van der Waals surface area (Å²) in [7, 11) is 0. The molecule has 1 aromatic rings. The highest BCUT2D eigenvalue weighted by Gasteiger charge is 2.28. The van der Waals surface area contributed by atoms with Gasteiger partial charge in [-0.3, -0.25) is 0 Å². The highest BCUT2D eigenvalue weighted by molar-refractivity contribution is 5.57. The minimum Gasteiger partial charge on any atom is -0.493 e. The van der Waals surface area contributed by atoms with Crippen molar-refractivity contribution in [2.45, 2.75) is 18.9 Å². The summed E-state index contributed by atoms with van der Waals surface area (Å²) in [5.41, 5.74) is 9.17. The third-order valence-corrected chi connectivity index (χ3v) is 3.26. The maximum absolute atomic E-state index is 9.23. The van der Waals surface area contributed by atoms with Crippen LogP contribution < -0.4 is 15.2 Å². The zero-order valence-corrected chi connectivity index (χ0v) is 9.03. The zero-order valence-electron chi connectivity index (χ0n) is 9.03. The van der Waals surface area contributed by atoms with E-state index >= 15 is 0 Å². The molecule has 1 atom stereocenters. The van der Waals surface area contributed by atoms with Gasteiger partial charge in [0.1, 0.15) is 11.5 Å². The van der Waals surface area contributed by atoms with Crippen molar-refractivity contribution in [2.24, 2.45) is 5.73 Å². The number of hydrogen-bond acceptors (Lipinski definition) is 4. The van der Waals surface area contributed by atoms with Crippen molar-refractivity contribution in [3.05, 3.63) is 22.8 Å². The number of fused-ring (bicyclic) bond motifs is 2. The summed E-state index contributed by atoms with van der Waals surface area (Å²) in [6, 6.07) is 1.68. The first-order chi connectivity index (χ1) is 7.81. The lowest BCUT2D eigenvalue weighted by atomic mass is 9.95. The monoisotopic (exact) mass is 221 g/mol. The fraction of sp³-hybridized carbons (Fsp3) is 0.500. The molecule has 0 spiro atoms. The number of ether oxygens (including phenoxy) is 2. The molecule has 0 bridgehead atoms. The molecule has 0 fully saturated rings. The van der Waals surface area contributed by atoms with E-state index in [0.29, 0.717) is 13.2 Å². The van der Waals surface area contributed by atoms with Crippen LogP contribution in [-0.4, -0.2) is 24.9 Å². The molecule has 0 radical (unpaired) electrons. The Kier molecular flexibility index (Phi) is 2.26. The molecule has 4 nitrogen and oxygen atoms in total. The zero-order chi connectivity index (χ0) is 11.1. The van der Waals surface area contributed by atoms with Crippen LogP contribution in [-0.2, 0) is 12.8 Å². The van der Waals surface area contributed by atoms with Crippen LogP contribution in [0.4, 0.5) is 0 Å². The lowest BCUT2D eigenvalue weighted by Gasteiger charge is -2.17. The Hall–Kier alpha value is -1.26. The van der Waals surface area contributed by atoms with E-state index in [1.165, 1.54) is 0 Å². The van der Waals surface area contributed by atoms with Crippen LogP contribution in [0.15, 0.2) is 6.07 Å². The van der Waals surface area contributed by atoms with E-state index in [2.05, 4.69) is 6.07 Å². The molecule has 2 heterocycles. The first kappa shape index (κ1) is 9.93. The fourth-order valence-corrected chi connectivity index (χ4v) is 2.51. The topological polar surface area (TPSA) is 64.7 Å². The van der Waals surface area contributed by atoms with Gasteiger partial charge in [0.25, 0.3) is 0 Å². The van der Waals surface area contributed by atoms with Crippen LogP contribution in [0.3, 0.4) is 0 Å². The molecular formula is C12H15NO3. The Morgan fingerprint density at radius 3 is 2.94 bits per heavy atom. The van der Waals surface area contributed by atoms with Gasteiger partial charge in [0.05, 0.1) is 25.9 Å². The van der Waals surface area contributed by atoms with E-state index in [4.69, 9.17) is 15.2 Å². The number of hydrogen-bond donors (Lipinski definition) is 2. The second-order valence-electron chi connectivity index (χ2n) is 4.24. The Bertz CT molecular complexity index is 399. The summed E-state index contributed by atoms with van der Waals surface area (Å²) in [6.07, 6.45) is 1.76. The average molecular weight is 221 g/mol. The van der Waals surface area contributed by atoms with E-state index in [0.717, 1.165) is 41.0 Å². The van der Waals surface area contributed by atoms with Crippen molar-refractivity contribution in [3.63, 3.8) is 0 Å². The Labute approximate surface area is 94.0 Å². The Balaban J connectivity index is 2.19. The highest BCUT2D eigenvalue weighted by Crippen LogP contribution is 2.42. The molecule has 86 valence electrons. The SMILES string of the molecule is NC(CO)c1c2c(cc3c1OCC3)OCC2. The van der Waals surface area contributed by atoms with Gasteiger partial charge in [-0.1, -0.05) is 0 Å². The lowest BCUT2D eigenvalue weighted by Crippen LogP contribution is -2.17. The maximum atomic E-state index is 9.23. The van der Waals surface area contributed by atoms with Crippen LogP contribution >= 0.6 is 0 Å². The van der Waals surface area contributed by atoms with Crippen molar-refractivity contribution < 1.29 is 14.6 Å². The molecule has 2 aliphatic heterocycles. The van der Waals surface area contributed by atoms with Crippen LogP contribution in [0.1, 0.15) is 22.7 Å². The number of aliphatic hydroxyl groups is 1. The van der Waals surface area contributed by atoms with Crippen molar-refractivity contribution in [1.29, 1.82) is 0 Å². The maximum Gasteiger partial charge on any atom is 0.128 e. The molecule has 2 aliphatic rings. The van der Waals surface area contributed by atoms with Gasteiger partial charge in [-0.05, 0) is 6.07 Å². The summed E-state index contributed by atoms with van der Waals surface area (Å²) in [5.74, 6) is 1.80. The quantitative estimate of drug-likeness (QED) is 0.765. The summed E-state index contributed by atoms with van der Waals surface area (Å²) in [6.45, 7) is 1.33. The number of nitrogens with two attached hydrogens (primary N) is 1. The molecular weight excluding hydrogens is 206 g/mol. The van der Waals surface area contributed by atoms with E-state index in [1.807, 2.05) is 0 Å². The molecule has 0 saturated carbocycles. The standard InChI is InChI=1S/C12H15NO3/c13-9(6-14)11-8-2-4-15-10(8)5-7-1-3-16-12(7)11/h5,9,14H,1-4,6,13H2. The molecule has 4 heteroatoms. The van der Waals surface area contributed by atoms with Crippen molar-refractivity contribution in [1.82, 2.24) is 0 Å². The van der Waals surface area contributed by atoms with Gasteiger partial charge in [-0.25, -0.2) is 0 Å². The average Bonchev–Trinajstić information content (AvgIpc) is 2.91. The predicted molar refractivity (Wildman–Crippen MR) is 58.9 cm³/mol. The van der Waals surface area contributed by atoms with Gasteiger partial charge in [-0.2, -0.15) is 0 Å². The smallest absolute Gasteiger partial charge is 0.128 e. The molecule has 1 unspecified atom stereocenters. The third kappa shape index (κ3) is 1.30. The number of benzene rings is 1. The Morgan fingerprint density at radius 2 is 2.12 bits per heavy atom. The van der Waals surface area contributed by atoms with E-state index < -0.39 is 0 Å². The molecule has 0 aromatic heterocycles. The second-order valence-corrected chi connectivity index (χ2v) is 4.24. The molecule has 1 aromatic carbocycles. The molecule has 3 N–H and O–H groups in total. The molecule has 0 saturated heterocycles. The Morgan fingerprint density at radius 1 is 1.31 bits per heavy atom. The van der Waals surface area contributed by atoms with Crippen LogP contribution in [0.5, 0.6) is 11.5 Å². The van der Waals surface area contributed by atoms with Crippen LogP contribution in [0.25, 0.3) is 0 Å². The summed E-state index contributed by atoms with van der Waals surface area (Å²) < 4.78 is 11.2. The van der Waals surface area contributed by atoms with Crippen LogP contribution in [0.2, 0.25) is 0 Å². The van der Waals surface area contributed by atoms with Gasteiger partial charge >= 0.3 is 0 Å². The lowest BCUT2D eigenvalue weighted by molar-refractivity contribution is 0.263. The van der Waals surface area contributed by atoms with Gasteiger partial charge in [-0.15, -0.1) is 0 Å². The number of aliphatic hydroxyl groups excluding tert-OH is 1. The summed E-state index contributed by atoms with van der Waals surface area (Å²) >= 11 is 0. The summed E-state index contributed by atoms with van der Waals surface area (Å²) in [5, 5.41) is 9.23. The minimum atomic E-state index is -0.372. The molecule has 0 aliphatic carbocycles. The first-order valence-electron chi connectivity index (χ1n) is 5.62. The molecule has 16 heavy (non-hydrogen) atoms. The number of rotatable bonds is 2. The molecule has 0 amide bonds. The van der Waals surface area contributed by atoms with Gasteiger partial charge in [0, 0.05) is 29.5 Å². The van der Waals surface area contributed by atoms with Crippen LogP contribution in [0, 0.1) is 0 Å². The second kappa shape index (κ2) is 3.64. The highest BCUT2D eigenvalue weighted by atomic mass is 16.5. The van der Waals surface area contributed by atoms with Gasteiger partial charge in [0.2, 0.25) is 0 Å². The van der Waals surface area contributed by atoms with E-state index in [1.54, 1.807) is 0 Å². The van der Waals surface area contributed by atoms with Crippen molar-refractivity contribution >= 4 is 0 Å². The fourth-order valence-electron chi connectivity index (χ4n) is 2.51. The first-order valence-corrected chi connectivity index (χ1v) is 5.62. The van der Waals surface area contributed by atoms with Crippen molar-refractivity contribution in [3.8, 4) is 11.5 Å².